The molecule has 0 spiro atoms. The third-order valence-electron chi connectivity index (χ3n) is 2.51. The monoisotopic (exact) mass is 222 g/mol. The Labute approximate surface area is 95.5 Å². The topological polar surface area (TPSA) is 75.3 Å². The van der Waals surface area contributed by atoms with E-state index in [4.69, 9.17) is 5.73 Å². The molecule has 1 rings (SSSR count). The standard InChI is InChI=1S/C12H18N2O2/c1-8-9(5-4-6-10(8)15)11(16)14-12(2,3)7-13/h4-6,15H,7,13H2,1-3H3,(H,14,16). The van der Waals surface area contributed by atoms with Gasteiger partial charge in [0.05, 0.1) is 0 Å². The van der Waals surface area contributed by atoms with E-state index in [1.165, 1.54) is 0 Å². The molecule has 0 aliphatic rings. The van der Waals surface area contributed by atoms with Gasteiger partial charge in [0, 0.05) is 23.2 Å². The molecule has 1 amide bonds. The predicted molar refractivity (Wildman–Crippen MR) is 63.4 cm³/mol. The van der Waals surface area contributed by atoms with Gasteiger partial charge in [-0.1, -0.05) is 6.07 Å². The molecule has 1 aromatic rings. The Bertz CT molecular complexity index is 400. The maximum absolute atomic E-state index is 11.9. The van der Waals surface area contributed by atoms with Gasteiger partial charge in [-0.25, -0.2) is 0 Å². The number of hydrogen-bond donors (Lipinski definition) is 3. The Morgan fingerprint density at radius 1 is 1.50 bits per heavy atom. The van der Waals surface area contributed by atoms with E-state index >= 15 is 0 Å². The van der Waals surface area contributed by atoms with Crippen molar-refractivity contribution in [2.45, 2.75) is 26.3 Å². The minimum atomic E-state index is -0.449. The first-order chi connectivity index (χ1) is 7.37. The molecule has 4 N–H and O–H groups in total. The Kier molecular flexibility index (Phi) is 3.55. The molecule has 0 saturated heterocycles. The van der Waals surface area contributed by atoms with E-state index in [0.717, 1.165) is 0 Å². The summed E-state index contributed by atoms with van der Waals surface area (Å²) in [6.07, 6.45) is 0. The maximum Gasteiger partial charge on any atom is 0.252 e. The first-order valence-electron chi connectivity index (χ1n) is 5.18. The van der Waals surface area contributed by atoms with Crippen LogP contribution >= 0.6 is 0 Å². The number of hydrogen-bond acceptors (Lipinski definition) is 3. The molecule has 0 saturated carbocycles. The molecule has 4 nitrogen and oxygen atoms in total. The Balaban J connectivity index is 2.94. The van der Waals surface area contributed by atoms with Gasteiger partial charge in [0.2, 0.25) is 0 Å². The number of nitrogens with two attached hydrogens (primary N) is 1. The summed E-state index contributed by atoms with van der Waals surface area (Å²) in [6, 6.07) is 4.88. The van der Waals surface area contributed by atoms with E-state index in [1.807, 2.05) is 13.8 Å². The molecule has 1 aromatic carbocycles. The number of benzene rings is 1. The second kappa shape index (κ2) is 4.53. The number of rotatable bonds is 3. The molecule has 0 fully saturated rings. The fraction of sp³-hybridized carbons (Fsp3) is 0.417. The molecule has 0 aliphatic heterocycles. The van der Waals surface area contributed by atoms with Crippen LogP contribution < -0.4 is 11.1 Å². The molecule has 4 heteroatoms. The van der Waals surface area contributed by atoms with Crippen LogP contribution in [-0.4, -0.2) is 23.1 Å². The molecule has 16 heavy (non-hydrogen) atoms. The number of nitrogens with one attached hydrogen (secondary N) is 1. The Morgan fingerprint density at radius 2 is 2.12 bits per heavy atom. The fourth-order valence-electron chi connectivity index (χ4n) is 1.30. The highest BCUT2D eigenvalue weighted by atomic mass is 16.3. The van der Waals surface area contributed by atoms with Crippen LogP contribution in [0.15, 0.2) is 18.2 Å². The quantitative estimate of drug-likeness (QED) is 0.718. The highest BCUT2D eigenvalue weighted by Crippen LogP contribution is 2.19. The van der Waals surface area contributed by atoms with E-state index in [0.29, 0.717) is 17.7 Å². The number of amides is 1. The SMILES string of the molecule is Cc1c(O)cccc1C(=O)NC(C)(C)CN. The van der Waals surface area contributed by atoms with E-state index < -0.39 is 5.54 Å². The van der Waals surface area contributed by atoms with Gasteiger partial charge in [-0.2, -0.15) is 0 Å². The second-order valence-corrected chi connectivity index (χ2v) is 4.49. The van der Waals surface area contributed by atoms with Gasteiger partial charge < -0.3 is 16.2 Å². The molecule has 0 aliphatic carbocycles. The first-order valence-corrected chi connectivity index (χ1v) is 5.18. The van der Waals surface area contributed by atoms with Crippen LogP contribution in [0.1, 0.15) is 29.8 Å². The molecular weight excluding hydrogens is 204 g/mol. The zero-order valence-corrected chi connectivity index (χ0v) is 9.87. The summed E-state index contributed by atoms with van der Waals surface area (Å²) in [6.45, 7) is 5.77. The van der Waals surface area contributed by atoms with Crippen molar-refractivity contribution in [3.63, 3.8) is 0 Å². The third kappa shape index (κ3) is 2.73. The molecule has 0 aromatic heterocycles. The summed E-state index contributed by atoms with van der Waals surface area (Å²) < 4.78 is 0. The average Bonchev–Trinajstić information content (AvgIpc) is 2.21. The van der Waals surface area contributed by atoms with Crippen LogP contribution in [0.4, 0.5) is 0 Å². The van der Waals surface area contributed by atoms with Gasteiger partial charge in [0.15, 0.2) is 0 Å². The summed E-state index contributed by atoms with van der Waals surface area (Å²) in [4.78, 5) is 11.9. The number of phenols is 1. The highest BCUT2D eigenvalue weighted by Gasteiger charge is 2.20. The summed E-state index contributed by atoms with van der Waals surface area (Å²) in [5.74, 6) is -0.0953. The third-order valence-corrected chi connectivity index (χ3v) is 2.51. The van der Waals surface area contributed by atoms with Gasteiger partial charge >= 0.3 is 0 Å². The van der Waals surface area contributed by atoms with Crippen molar-refractivity contribution in [3.8, 4) is 5.75 Å². The molecule has 0 bridgehead atoms. The summed E-state index contributed by atoms with van der Waals surface area (Å²) in [5, 5.41) is 12.3. The summed E-state index contributed by atoms with van der Waals surface area (Å²) in [7, 11) is 0. The zero-order valence-electron chi connectivity index (χ0n) is 9.87. The Hall–Kier alpha value is -1.55. The lowest BCUT2D eigenvalue weighted by molar-refractivity contribution is 0.0914. The lowest BCUT2D eigenvalue weighted by atomic mass is 10.0. The van der Waals surface area contributed by atoms with Gasteiger partial charge in [-0.15, -0.1) is 0 Å². The second-order valence-electron chi connectivity index (χ2n) is 4.49. The number of aromatic hydroxyl groups is 1. The molecule has 0 heterocycles. The summed E-state index contributed by atoms with van der Waals surface area (Å²) >= 11 is 0. The number of phenolic OH excluding ortho intramolecular Hbond substituents is 1. The van der Waals surface area contributed by atoms with E-state index in [1.54, 1.807) is 25.1 Å². The molecule has 88 valence electrons. The van der Waals surface area contributed by atoms with Crippen molar-refractivity contribution in [3.05, 3.63) is 29.3 Å². The van der Waals surface area contributed by atoms with Gasteiger partial charge in [-0.05, 0) is 32.9 Å². The van der Waals surface area contributed by atoms with Gasteiger partial charge in [0.1, 0.15) is 5.75 Å². The summed E-state index contributed by atoms with van der Waals surface area (Å²) in [5.41, 5.74) is 6.14. The largest absolute Gasteiger partial charge is 0.508 e. The van der Waals surface area contributed by atoms with Crippen molar-refractivity contribution in [2.24, 2.45) is 5.73 Å². The average molecular weight is 222 g/mol. The van der Waals surface area contributed by atoms with Crippen LogP contribution in [0.2, 0.25) is 0 Å². The fourth-order valence-corrected chi connectivity index (χ4v) is 1.30. The molecule has 0 unspecified atom stereocenters. The van der Waals surface area contributed by atoms with Crippen molar-refractivity contribution in [1.82, 2.24) is 5.32 Å². The van der Waals surface area contributed by atoms with Crippen LogP contribution in [-0.2, 0) is 0 Å². The highest BCUT2D eigenvalue weighted by molar-refractivity contribution is 5.96. The normalized spacial score (nSPS) is 11.2. The maximum atomic E-state index is 11.9. The van der Waals surface area contributed by atoms with E-state index in [2.05, 4.69) is 5.32 Å². The van der Waals surface area contributed by atoms with E-state index in [-0.39, 0.29) is 11.7 Å². The van der Waals surface area contributed by atoms with Crippen molar-refractivity contribution in [1.29, 1.82) is 0 Å². The number of carbonyl (C=O) groups is 1. The van der Waals surface area contributed by atoms with Gasteiger partial charge in [0.25, 0.3) is 5.91 Å². The van der Waals surface area contributed by atoms with Crippen molar-refractivity contribution >= 4 is 5.91 Å². The minimum absolute atomic E-state index is 0.123. The lowest BCUT2D eigenvalue weighted by Gasteiger charge is -2.24. The molecule has 0 radical (unpaired) electrons. The van der Waals surface area contributed by atoms with Crippen molar-refractivity contribution < 1.29 is 9.90 Å². The van der Waals surface area contributed by atoms with Crippen molar-refractivity contribution in [2.75, 3.05) is 6.54 Å². The van der Waals surface area contributed by atoms with Crippen LogP contribution in [0.25, 0.3) is 0 Å². The van der Waals surface area contributed by atoms with Gasteiger partial charge in [-0.3, -0.25) is 4.79 Å². The smallest absolute Gasteiger partial charge is 0.252 e. The number of carbonyl (C=O) groups excluding carboxylic acids is 1. The predicted octanol–water partition coefficient (Wildman–Crippen LogP) is 1.17. The minimum Gasteiger partial charge on any atom is -0.508 e. The van der Waals surface area contributed by atoms with Crippen LogP contribution in [0, 0.1) is 6.92 Å². The zero-order chi connectivity index (χ0) is 12.3. The lowest BCUT2D eigenvalue weighted by Crippen LogP contribution is -2.49. The molecule has 0 atom stereocenters. The van der Waals surface area contributed by atoms with E-state index in [9.17, 15) is 9.90 Å². The first kappa shape index (κ1) is 12.5. The molecular formula is C12H18N2O2. The van der Waals surface area contributed by atoms with Crippen LogP contribution in [0.5, 0.6) is 5.75 Å². The Morgan fingerprint density at radius 3 is 2.69 bits per heavy atom. The van der Waals surface area contributed by atoms with Crippen LogP contribution in [0.3, 0.4) is 0 Å².